The highest BCUT2D eigenvalue weighted by Crippen LogP contribution is 2.32. The molecule has 6 heteroatoms. The molecule has 0 spiro atoms. The number of hydrogen-bond donors (Lipinski definition) is 2. The molecule has 2 heterocycles. The lowest BCUT2D eigenvalue weighted by Gasteiger charge is -2.26. The molecule has 1 aliphatic rings. The molecule has 1 aliphatic heterocycles. The van der Waals surface area contributed by atoms with Crippen molar-refractivity contribution in [3.63, 3.8) is 0 Å². The summed E-state index contributed by atoms with van der Waals surface area (Å²) >= 11 is 0. The molecule has 0 bridgehead atoms. The van der Waals surface area contributed by atoms with Gasteiger partial charge < -0.3 is 15.7 Å². The molecule has 0 saturated carbocycles. The molecular weight excluding hydrogens is 270 g/mol. The normalized spacial score (nSPS) is 18.1. The Morgan fingerprint density at radius 1 is 1.33 bits per heavy atom. The van der Waals surface area contributed by atoms with Crippen LogP contribution in [0.5, 0.6) is 0 Å². The number of nitrogens with zero attached hydrogens (tertiary/aromatic N) is 2. The summed E-state index contributed by atoms with van der Waals surface area (Å²) in [4.78, 5) is 28.9. The highest BCUT2D eigenvalue weighted by atomic mass is 16.4. The minimum Gasteiger partial charge on any atom is -0.477 e. The topological polar surface area (TPSA) is 96.5 Å². The Balaban J connectivity index is 2.20. The average molecular weight is 285 g/mol. The Kier molecular flexibility index (Phi) is 3.21. The molecule has 3 rings (SSSR count). The van der Waals surface area contributed by atoms with Gasteiger partial charge in [-0.1, -0.05) is 18.2 Å². The molecule has 1 aromatic heterocycles. The highest BCUT2D eigenvalue weighted by Gasteiger charge is 2.30. The number of fused-ring (bicyclic) bond motifs is 1. The van der Waals surface area contributed by atoms with Gasteiger partial charge in [0.05, 0.1) is 5.52 Å². The van der Waals surface area contributed by atoms with Crippen LogP contribution in [0.25, 0.3) is 10.9 Å². The predicted octanol–water partition coefficient (Wildman–Crippen LogP) is 1.39. The molecule has 1 amide bonds. The monoisotopic (exact) mass is 285 g/mol. The van der Waals surface area contributed by atoms with E-state index >= 15 is 0 Å². The molecular formula is C15H15N3O3. The third-order valence-electron chi connectivity index (χ3n) is 3.80. The number of aromatic nitrogens is 1. The van der Waals surface area contributed by atoms with E-state index in [-0.39, 0.29) is 11.6 Å². The molecule has 1 atom stereocenters. The van der Waals surface area contributed by atoms with Crippen molar-refractivity contribution in [3.8, 4) is 0 Å². The first-order valence-electron chi connectivity index (χ1n) is 6.77. The van der Waals surface area contributed by atoms with E-state index in [9.17, 15) is 14.7 Å². The molecule has 2 aromatic rings. The number of aromatic carboxylic acids is 1. The predicted molar refractivity (Wildman–Crippen MR) is 78.3 cm³/mol. The van der Waals surface area contributed by atoms with Crippen molar-refractivity contribution in [2.75, 3.05) is 11.4 Å². The number of benzene rings is 1. The highest BCUT2D eigenvalue weighted by molar-refractivity contribution is 5.99. The number of anilines is 1. The summed E-state index contributed by atoms with van der Waals surface area (Å²) in [5.41, 5.74) is 6.73. The Hall–Kier alpha value is -2.63. The second-order valence-electron chi connectivity index (χ2n) is 5.10. The summed E-state index contributed by atoms with van der Waals surface area (Å²) in [5.74, 6) is -1.47. The summed E-state index contributed by atoms with van der Waals surface area (Å²) < 4.78 is 0. The van der Waals surface area contributed by atoms with Crippen LogP contribution < -0.4 is 10.6 Å². The smallest absolute Gasteiger partial charge is 0.354 e. The summed E-state index contributed by atoms with van der Waals surface area (Å²) in [5, 5.41) is 10.0. The van der Waals surface area contributed by atoms with Crippen molar-refractivity contribution < 1.29 is 14.7 Å². The molecule has 0 aliphatic carbocycles. The lowest BCUT2D eigenvalue weighted by molar-refractivity contribution is -0.119. The molecule has 1 fully saturated rings. The summed E-state index contributed by atoms with van der Waals surface area (Å²) in [6, 6.07) is 8.44. The number of rotatable bonds is 3. The van der Waals surface area contributed by atoms with Crippen molar-refractivity contribution in [3.05, 3.63) is 36.0 Å². The third-order valence-corrected chi connectivity index (χ3v) is 3.80. The van der Waals surface area contributed by atoms with Gasteiger partial charge in [0.1, 0.15) is 6.04 Å². The standard InChI is InChI=1S/C15H15N3O3/c16-14(19)12-6-3-7-18(12)13-8-11(15(20)21)17-10-5-2-1-4-9(10)13/h1-2,4-5,8,12H,3,6-7H2,(H2,16,19)(H,20,21). The molecule has 0 radical (unpaired) electrons. The Morgan fingerprint density at radius 3 is 2.81 bits per heavy atom. The van der Waals surface area contributed by atoms with Crippen molar-refractivity contribution in [1.29, 1.82) is 0 Å². The van der Waals surface area contributed by atoms with E-state index in [1.54, 1.807) is 12.1 Å². The SMILES string of the molecule is NC(=O)C1CCCN1c1cc(C(=O)O)nc2ccccc12. The fraction of sp³-hybridized carbons (Fsp3) is 0.267. The number of hydrogen-bond acceptors (Lipinski definition) is 4. The maximum absolute atomic E-state index is 11.6. The Labute approximate surface area is 121 Å². The van der Waals surface area contributed by atoms with Gasteiger partial charge in [0.2, 0.25) is 5.91 Å². The maximum atomic E-state index is 11.6. The quantitative estimate of drug-likeness (QED) is 0.888. The van der Waals surface area contributed by atoms with Crippen LogP contribution in [0.3, 0.4) is 0 Å². The van der Waals surface area contributed by atoms with E-state index in [1.165, 1.54) is 6.07 Å². The lowest BCUT2D eigenvalue weighted by atomic mass is 10.1. The first-order chi connectivity index (χ1) is 10.1. The van der Waals surface area contributed by atoms with Crippen molar-refractivity contribution >= 4 is 28.5 Å². The van der Waals surface area contributed by atoms with Crippen LogP contribution in [-0.4, -0.2) is 34.6 Å². The van der Waals surface area contributed by atoms with Gasteiger partial charge in [-0.05, 0) is 25.0 Å². The molecule has 108 valence electrons. The second kappa shape index (κ2) is 5.05. The van der Waals surface area contributed by atoms with Crippen LogP contribution in [0.15, 0.2) is 30.3 Å². The average Bonchev–Trinajstić information content (AvgIpc) is 2.95. The third kappa shape index (κ3) is 2.29. The van der Waals surface area contributed by atoms with Gasteiger partial charge >= 0.3 is 5.97 Å². The van der Waals surface area contributed by atoms with E-state index in [0.717, 1.165) is 11.8 Å². The summed E-state index contributed by atoms with van der Waals surface area (Å²) in [6.07, 6.45) is 1.54. The van der Waals surface area contributed by atoms with Gasteiger partial charge in [-0.3, -0.25) is 4.79 Å². The van der Waals surface area contributed by atoms with Crippen LogP contribution in [0.4, 0.5) is 5.69 Å². The van der Waals surface area contributed by atoms with Gasteiger partial charge in [0, 0.05) is 17.6 Å². The van der Waals surface area contributed by atoms with Crippen molar-refractivity contribution in [1.82, 2.24) is 4.98 Å². The minimum atomic E-state index is -1.09. The molecule has 1 saturated heterocycles. The Bertz CT molecular complexity index is 729. The van der Waals surface area contributed by atoms with Gasteiger partial charge in [-0.2, -0.15) is 0 Å². The van der Waals surface area contributed by atoms with Gasteiger partial charge in [-0.15, -0.1) is 0 Å². The summed E-state index contributed by atoms with van der Waals surface area (Å²) in [7, 11) is 0. The zero-order chi connectivity index (χ0) is 15.0. The first-order valence-corrected chi connectivity index (χ1v) is 6.77. The number of pyridine rings is 1. The van der Waals surface area contributed by atoms with Gasteiger partial charge in [-0.25, -0.2) is 9.78 Å². The minimum absolute atomic E-state index is 0.0289. The number of amides is 1. The van der Waals surface area contributed by atoms with Gasteiger partial charge in [0.15, 0.2) is 5.69 Å². The molecule has 1 unspecified atom stereocenters. The second-order valence-corrected chi connectivity index (χ2v) is 5.10. The lowest BCUT2D eigenvalue weighted by Crippen LogP contribution is -2.40. The van der Waals surface area contributed by atoms with Crippen LogP contribution in [-0.2, 0) is 4.79 Å². The number of para-hydroxylation sites is 1. The number of nitrogens with two attached hydrogens (primary N) is 1. The van der Waals surface area contributed by atoms with Crippen LogP contribution in [0.2, 0.25) is 0 Å². The van der Waals surface area contributed by atoms with Crippen LogP contribution in [0, 0.1) is 0 Å². The number of carboxylic acid groups (broad SMARTS) is 1. The maximum Gasteiger partial charge on any atom is 0.354 e. The van der Waals surface area contributed by atoms with E-state index < -0.39 is 12.0 Å². The van der Waals surface area contributed by atoms with Crippen molar-refractivity contribution in [2.45, 2.75) is 18.9 Å². The van der Waals surface area contributed by atoms with E-state index in [4.69, 9.17) is 5.73 Å². The zero-order valence-corrected chi connectivity index (χ0v) is 11.3. The van der Waals surface area contributed by atoms with Crippen LogP contribution >= 0.6 is 0 Å². The van der Waals surface area contributed by atoms with E-state index in [2.05, 4.69) is 4.98 Å². The number of carbonyl (C=O) groups excluding carboxylic acids is 1. The largest absolute Gasteiger partial charge is 0.477 e. The molecule has 21 heavy (non-hydrogen) atoms. The van der Waals surface area contributed by atoms with E-state index in [0.29, 0.717) is 24.2 Å². The number of carbonyl (C=O) groups is 2. The summed E-state index contributed by atoms with van der Waals surface area (Å²) in [6.45, 7) is 0.681. The fourth-order valence-corrected chi connectivity index (χ4v) is 2.86. The Morgan fingerprint density at radius 2 is 2.10 bits per heavy atom. The number of primary amides is 1. The molecule has 6 nitrogen and oxygen atoms in total. The van der Waals surface area contributed by atoms with E-state index in [1.807, 2.05) is 17.0 Å². The fourth-order valence-electron chi connectivity index (χ4n) is 2.86. The van der Waals surface area contributed by atoms with Crippen molar-refractivity contribution in [2.24, 2.45) is 5.73 Å². The van der Waals surface area contributed by atoms with Gasteiger partial charge in [0.25, 0.3) is 0 Å². The molecule has 3 N–H and O–H groups in total. The van der Waals surface area contributed by atoms with Crippen LogP contribution in [0.1, 0.15) is 23.3 Å². The molecule has 1 aromatic carbocycles. The number of carboxylic acids is 1. The first kappa shape index (κ1) is 13.4. The zero-order valence-electron chi connectivity index (χ0n) is 11.3.